The van der Waals surface area contributed by atoms with Gasteiger partial charge in [-0.15, -0.1) is 0 Å². The van der Waals surface area contributed by atoms with Crippen LogP contribution in [0.1, 0.15) is 18.4 Å². The molecule has 1 amide bonds. The Kier molecular flexibility index (Phi) is 3.42. The third-order valence-corrected chi connectivity index (χ3v) is 3.09. The lowest BCUT2D eigenvalue weighted by Gasteiger charge is -2.30. The van der Waals surface area contributed by atoms with Gasteiger partial charge in [0.05, 0.1) is 5.92 Å². The number of rotatable bonds is 3. The summed E-state index contributed by atoms with van der Waals surface area (Å²) in [5, 5.41) is 8.86. The first kappa shape index (κ1) is 11.6. The second-order valence-corrected chi connectivity index (χ2v) is 4.33. The average Bonchev–Trinajstić information content (AvgIpc) is 2.33. The molecule has 1 aliphatic heterocycles. The summed E-state index contributed by atoms with van der Waals surface area (Å²) in [5.41, 5.74) is 1.08. The number of hydrogen-bond donors (Lipinski definition) is 1. The predicted octanol–water partition coefficient (Wildman–Crippen LogP) is 1.51. The minimum atomic E-state index is -0.863. The Hall–Kier alpha value is -1.84. The Morgan fingerprint density at radius 2 is 2.06 bits per heavy atom. The number of carboxylic acids is 1. The maximum atomic E-state index is 11.8. The van der Waals surface area contributed by atoms with E-state index < -0.39 is 11.9 Å². The number of carbonyl (C=O) groups excluding carboxylic acids is 1. The molecule has 1 aromatic carbocycles. The third-order valence-electron chi connectivity index (χ3n) is 3.09. The maximum absolute atomic E-state index is 11.8. The molecule has 1 fully saturated rings. The van der Waals surface area contributed by atoms with Crippen LogP contribution in [-0.4, -0.2) is 28.4 Å². The maximum Gasteiger partial charge on any atom is 0.307 e. The van der Waals surface area contributed by atoms with E-state index in [2.05, 4.69) is 0 Å². The highest BCUT2D eigenvalue weighted by atomic mass is 16.4. The van der Waals surface area contributed by atoms with E-state index in [1.54, 1.807) is 4.90 Å². The van der Waals surface area contributed by atoms with E-state index in [4.69, 9.17) is 5.11 Å². The molecule has 1 saturated heterocycles. The average molecular weight is 233 g/mol. The molecule has 1 aliphatic rings. The van der Waals surface area contributed by atoms with Crippen molar-refractivity contribution in [3.05, 3.63) is 35.9 Å². The van der Waals surface area contributed by atoms with Crippen LogP contribution < -0.4 is 0 Å². The molecular weight excluding hydrogens is 218 g/mol. The molecule has 4 nitrogen and oxygen atoms in total. The summed E-state index contributed by atoms with van der Waals surface area (Å²) in [4.78, 5) is 24.3. The van der Waals surface area contributed by atoms with Gasteiger partial charge in [0.2, 0.25) is 5.91 Å². The molecule has 1 unspecified atom stereocenters. The fourth-order valence-corrected chi connectivity index (χ4v) is 2.06. The smallest absolute Gasteiger partial charge is 0.307 e. The first-order chi connectivity index (χ1) is 8.16. The van der Waals surface area contributed by atoms with E-state index in [9.17, 15) is 9.59 Å². The van der Waals surface area contributed by atoms with Gasteiger partial charge in [0.1, 0.15) is 0 Å². The topological polar surface area (TPSA) is 57.6 Å². The first-order valence-corrected chi connectivity index (χ1v) is 5.71. The lowest BCUT2D eigenvalue weighted by Crippen LogP contribution is -2.40. The second kappa shape index (κ2) is 4.99. The zero-order valence-electron chi connectivity index (χ0n) is 9.50. The van der Waals surface area contributed by atoms with Gasteiger partial charge in [0, 0.05) is 19.5 Å². The SMILES string of the molecule is O=C(O)C1CCN(Cc2ccccc2)C(=O)C1. The Morgan fingerprint density at radius 1 is 1.35 bits per heavy atom. The molecule has 0 aliphatic carbocycles. The quantitative estimate of drug-likeness (QED) is 0.861. The Morgan fingerprint density at radius 3 is 2.65 bits per heavy atom. The molecule has 1 N–H and O–H groups in total. The minimum absolute atomic E-state index is 0.0625. The highest BCUT2D eigenvalue weighted by molar-refractivity contribution is 5.83. The molecule has 0 bridgehead atoms. The van der Waals surface area contributed by atoms with E-state index in [0.717, 1.165) is 5.56 Å². The van der Waals surface area contributed by atoms with Crippen molar-refractivity contribution in [1.82, 2.24) is 4.90 Å². The normalized spacial score (nSPS) is 20.4. The standard InChI is InChI=1S/C13H15NO3/c15-12-8-11(13(16)17)6-7-14(12)9-10-4-2-1-3-5-10/h1-5,11H,6-9H2,(H,16,17). The van der Waals surface area contributed by atoms with Crippen LogP contribution in [0.15, 0.2) is 30.3 Å². The van der Waals surface area contributed by atoms with Crippen LogP contribution in [-0.2, 0) is 16.1 Å². The van der Waals surface area contributed by atoms with E-state index in [1.165, 1.54) is 0 Å². The molecule has 1 heterocycles. The van der Waals surface area contributed by atoms with Crippen LogP contribution >= 0.6 is 0 Å². The molecular formula is C13H15NO3. The molecule has 2 rings (SSSR count). The van der Waals surface area contributed by atoms with Crippen molar-refractivity contribution in [2.24, 2.45) is 5.92 Å². The predicted molar refractivity (Wildman–Crippen MR) is 62.2 cm³/mol. The number of hydrogen-bond acceptors (Lipinski definition) is 2. The molecule has 0 radical (unpaired) electrons. The molecule has 4 heteroatoms. The molecule has 1 atom stereocenters. The van der Waals surface area contributed by atoms with Crippen molar-refractivity contribution >= 4 is 11.9 Å². The zero-order valence-corrected chi connectivity index (χ0v) is 9.50. The van der Waals surface area contributed by atoms with Crippen LogP contribution in [0.2, 0.25) is 0 Å². The summed E-state index contributed by atoms with van der Waals surface area (Å²) in [6, 6.07) is 9.74. The number of benzene rings is 1. The van der Waals surface area contributed by atoms with E-state index >= 15 is 0 Å². The summed E-state index contributed by atoms with van der Waals surface area (Å²) in [5.74, 6) is -1.43. The van der Waals surface area contributed by atoms with Gasteiger partial charge in [0.25, 0.3) is 0 Å². The fraction of sp³-hybridized carbons (Fsp3) is 0.385. The lowest BCUT2D eigenvalue weighted by molar-refractivity contribution is -0.149. The van der Waals surface area contributed by atoms with E-state index in [-0.39, 0.29) is 12.3 Å². The van der Waals surface area contributed by atoms with Crippen molar-refractivity contribution in [2.45, 2.75) is 19.4 Å². The van der Waals surface area contributed by atoms with Crippen LogP contribution in [0.25, 0.3) is 0 Å². The summed E-state index contributed by atoms with van der Waals surface area (Å²) in [6.45, 7) is 1.11. The van der Waals surface area contributed by atoms with Gasteiger partial charge in [0.15, 0.2) is 0 Å². The Labute approximate surface area is 99.9 Å². The summed E-state index contributed by atoms with van der Waals surface area (Å²) in [7, 11) is 0. The minimum Gasteiger partial charge on any atom is -0.481 e. The van der Waals surface area contributed by atoms with Crippen LogP contribution in [0.5, 0.6) is 0 Å². The Bertz CT molecular complexity index is 416. The highest BCUT2D eigenvalue weighted by Crippen LogP contribution is 2.20. The van der Waals surface area contributed by atoms with Gasteiger partial charge in [-0.05, 0) is 12.0 Å². The van der Waals surface area contributed by atoms with Crippen LogP contribution in [0.4, 0.5) is 0 Å². The highest BCUT2D eigenvalue weighted by Gasteiger charge is 2.29. The van der Waals surface area contributed by atoms with Crippen molar-refractivity contribution in [3.8, 4) is 0 Å². The number of amides is 1. The number of nitrogens with zero attached hydrogens (tertiary/aromatic N) is 1. The van der Waals surface area contributed by atoms with Crippen molar-refractivity contribution < 1.29 is 14.7 Å². The number of piperidine rings is 1. The zero-order chi connectivity index (χ0) is 12.3. The van der Waals surface area contributed by atoms with Gasteiger partial charge in [-0.25, -0.2) is 0 Å². The van der Waals surface area contributed by atoms with Gasteiger partial charge in [-0.1, -0.05) is 30.3 Å². The van der Waals surface area contributed by atoms with E-state index in [0.29, 0.717) is 19.5 Å². The van der Waals surface area contributed by atoms with Gasteiger partial charge in [-0.2, -0.15) is 0 Å². The number of carbonyl (C=O) groups is 2. The first-order valence-electron chi connectivity index (χ1n) is 5.71. The molecule has 0 spiro atoms. The van der Waals surface area contributed by atoms with Crippen molar-refractivity contribution in [3.63, 3.8) is 0 Å². The van der Waals surface area contributed by atoms with Gasteiger partial charge in [-0.3, -0.25) is 9.59 Å². The molecule has 17 heavy (non-hydrogen) atoms. The van der Waals surface area contributed by atoms with Crippen molar-refractivity contribution in [1.29, 1.82) is 0 Å². The third kappa shape index (κ3) is 2.84. The lowest BCUT2D eigenvalue weighted by atomic mass is 9.96. The number of aliphatic carboxylic acids is 1. The second-order valence-electron chi connectivity index (χ2n) is 4.33. The monoisotopic (exact) mass is 233 g/mol. The summed E-state index contributed by atoms with van der Waals surface area (Å²) in [6.07, 6.45) is 0.677. The molecule has 0 aromatic heterocycles. The number of carboxylic acid groups (broad SMARTS) is 1. The molecule has 0 saturated carbocycles. The Balaban J connectivity index is 1.96. The molecule has 1 aromatic rings. The summed E-state index contributed by atoms with van der Waals surface area (Å²) >= 11 is 0. The van der Waals surface area contributed by atoms with Crippen LogP contribution in [0.3, 0.4) is 0 Å². The largest absolute Gasteiger partial charge is 0.481 e. The van der Waals surface area contributed by atoms with Gasteiger partial charge >= 0.3 is 5.97 Å². The number of likely N-dealkylation sites (tertiary alicyclic amines) is 1. The molecule has 90 valence electrons. The fourth-order valence-electron chi connectivity index (χ4n) is 2.06. The van der Waals surface area contributed by atoms with E-state index in [1.807, 2.05) is 30.3 Å². The summed E-state index contributed by atoms with van der Waals surface area (Å²) < 4.78 is 0. The van der Waals surface area contributed by atoms with Crippen LogP contribution in [0, 0.1) is 5.92 Å². The van der Waals surface area contributed by atoms with Gasteiger partial charge < -0.3 is 10.0 Å². The van der Waals surface area contributed by atoms with Crippen molar-refractivity contribution in [2.75, 3.05) is 6.54 Å².